The zero-order chi connectivity index (χ0) is 13.1. The summed E-state index contributed by atoms with van der Waals surface area (Å²) in [5.41, 5.74) is 3.18. The van der Waals surface area contributed by atoms with Gasteiger partial charge in [0.1, 0.15) is 0 Å². The van der Waals surface area contributed by atoms with Gasteiger partial charge in [0, 0.05) is 16.4 Å². The highest BCUT2D eigenvalue weighted by Gasteiger charge is 2.21. The van der Waals surface area contributed by atoms with Crippen LogP contribution in [0.15, 0.2) is 18.2 Å². The Morgan fingerprint density at radius 3 is 2.44 bits per heavy atom. The number of nitrogens with one attached hydrogen (secondary N) is 1. The van der Waals surface area contributed by atoms with E-state index in [0.717, 1.165) is 31.2 Å². The van der Waals surface area contributed by atoms with Crippen molar-refractivity contribution in [1.29, 1.82) is 0 Å². The first kappa shape index (κ1) is 13.6. The van der Waals surface area contributed by atoms with Gasteiger partial charge in [-0.3, -0.25) is 4.79 Å². The Morgan fingerprint density at radius 1 is 1.17 bits per heavy atom. The van der Waals surface area contributed by atoms with Crippen molar-refractivity contribution >= 4 is 21.8 Å². The fourth-order valence-electron chi connectivity index (χ4n) is 2.35. The van der Waals surface area contributed by atoms with Gasteiger partial charge in [-0.2, -0.15) is 0 Å². The third kappa shape index (κ3) is 3.35. The van der Waals surface area contributed by atoms with E-state index in [1.807, 2.05) is 25.1 Å². The van der Waals surface area contributed by atoms with E-state index in [1.54, 1.807) is 0 Å². The van der Waals surface area contributed by atoms with Crippen molar-refractivity contribution in [2.45, 2.75) is 50.4 Å². The highest BCUT2D eigenvalue weighted by Crippen LogP contribution is 2.24. The van der Waals surface area contributed by atoms with Gasteiger partial charge in [-0.15, -0.1) is 0 Å². The number of benzene rings is 1. The summed E-state index contributed by atoms with van der Waals surface area (Å²) in [5, 5.41) is 3.14. The van der Waals surface area contributed by atoms with Crippen LogP contribution in [0.2, 0.25) is 0 Å². The quantitative estimate of drug-likeness (QED) is 0.828. The SMILES string of the molecule is Cc1ccc(C(=O)NC2CCC(Br)CC2)cc1C. The van der Waals surface area contributed by atoms with Crippen molar-refractivity contribution in [3.8, 4) is 0 Å². The van der Waals surface area contributed by atoms with Crippen LogP contribution in [-0.4, -0.2) is 16.8 Å². The monoisotopic (exact) mass is 309 g/mol. The highest BCUT2D eigenvalue weighted by atomic mass is 79.9. The molecule has 0 radical (unpaired) electrons. The molecule has 3 heteroatoms. The number of halogens is 1. The van der Waals surface area contributed by atoms with Crippen LogP contribution in [0, 0.1) is 13.8 Å². The van der Waals surface area contributed by atoms with E-state index in [-0.39, 0.29) is 5.91 Å². The first-order valence-electron chi connectivity index (χ1n) is 6.58. The van der Waals surface area contributed by atoms with E-state index in [2.05, 4.69) is 28.2 Å². The summed E-state index contributed by atoms with van der Waals surface area (Å²) in [6.45, 7) is 4.11. The summed E-state index contributed by atoms with van der Waals surface area (Å²) in [5.74, 6) is 0.0659. The molecule has 1 aromatic rings. The first-order valence-corrected chi connectivity index (χ1v) is 7.50. The minimum atomic E-state index is 0.0659. The molecule has 0 saturated heterocycles. The average Bonchev–Trinajstić information content (AvgIpc) is 2.35. The number of carbonyl (C=O) groups excluding carboxylic acids is 1. The van der Waals surface area contributed by atoms with Crippen molar-refractivity contribution in [2.75, 3.05) is 0 Å². The number of carbonyl (C=O) groups is 1. The molecule has 1 aliphatic rings. The smallest absolute Gasteiger partial charge is 0.251 e. The zero-order valence-electron chi connectivity index (χ0n) is 11.0. The Bertz CT molecular complexity index is 436. The molecule has 2 nitrogen and oxygen atoms in total. The van der Waals surface area contributed by atoms with Gasteiger partial charge >= 0.3 is 0 Å². The predicted molar refractivity (Wildman–Crippen MR) is 78.4 cm³/mol. The maximum Gasteiger partial charge on any atom is 0.251 e. The maximum absolute atomic E-state index is 12.1. The predicted octanol–water partition coefficient (Wildman–Crippen LogP) is 3.74. The van der Waals surface area contributed by atoms with Gasteiger partial charge < -0.3 is 5.32 Å². The number of hydrogen-bond donors (Lipinski definition) is 1. The lowest BCUT2D eigenvalue weighted by Gasteiger charge is -2.26. The molecule has 1 aliphatic carbocycles. The molecule has 1 aromatic carbocycles. The van der Waals surface area contributed by atoms with Gasteiger partial charge in [-0.05, 0) is 62.8 Å². The molecule has 0 heterocycles. The minimum Gasteiger partial charge on any atom is -0.349 e. The number of aryl methyl sites for hydroxylation is 2. The second-order valence-electron chi connectivity index (χ2n) is 5.22. The molecule has 0 aliphatic heterocycles. The Balaban J connectivity index is 1.97. The standard InChI is InChI=1S/C15H20BrNO/c1-10-3-4-12(9-11(10)2)15(18)17-14-7-5-13(16)6-8-14/h3-4,9,13-14H,5-8H2,1-2H3,(H,17,18). The second kappa shape index (κ2) is 5.87. The second-order valence-corrected chi connectivity index (χ2v) is 6.52. The fraction of sp³-hybridized carbons (Fsp3) is 0.533. The summed E-state index contributed by atoms with van der Waals surface area (Å²) in [4.78, 5) is 12.8. The van der Waals surface area contributed by atoms with Gasteiger partial charge in [0.05, 0.1) is 0 Å². The first-order chi connectivity index (χ1) is 8.56. The lowest BCUT2D eigenvalue weighted by Crippen LogP contribution is -2.37. The van der Waals surface area contributed by atoms with Crippen molar-refractivity contribution in [1.82, 2.24) is 5.32 Å². The third-order valence-electron chi connectivity index (χ3n) is 3.76. The normalized spacial score (nSPS) is 23.7. The molecule has 0 aromatic heterocycles. The van der Waals surface area contributed by atoms with Crippen LogP contribution in [0.5, 0.6) is 0 Å². The lowest BCUT2D eigenvalue weighted by molar-refractivity contribution is 0.0928. The summed E-state index contributed by atoms with van der Waals surface area (Å²) in [6.07, 6.45) is 4.45. The number of rotatable bonds is 2. The minimum absolute atomic E-state index is 0.0659. The molecule has 1 N–H and O–H groups in total. The van der Waals surface area contributed by atoms with Gasteiger partial charge in [-0.1, -0.05) is 22.0 Å². The summed E-state index contributed by atoms with van der Waals surface area (Å²) < 4.78 is 0. The zero-order valence-corrected chi connectivity index (χ0v) is 12.6. The number of hydrogen-bond acceptors (Lipinski definition) is 1. The van der Waals surface area contributed by atoms with Crippen LogP contribution in [0.25, 0.3) is 0 Å². The van der Waals surface area contributed by atoms with Gasteiger partial charge in [0.2, 0.25) is 0 Å². The molecule has 1 saturated carbocycles. The topological polar surface area (TPSA) is 29.1 Å². The molecule has 0 bridgehead atoms. The van der Waals surface area contributed by atoms with Crippen molar-refractivity contribution in [2.24, 2.45) is 0 Å². The maximum atomic E-state index is 12.1. The van der Waals surface area contributed by atoms with Crippen LogP contribution in [-0.2, 0) is 0 Å². The molecular weight excluding hydrogens is 290 g/mol. The van der Waals surface area contributed by atoms with Crippen LogP contribution in [0.3, 0.4) is 0 Å². The van der Waals surface area contributed by atoms with E-state index in [1.165, 1.54) is 11.1 Å². The molecule has 0 atom stereocenters. The van der Waals surface area contributed by atoms with E-state index in [9.17, 15) is 4.79 Å². The Hall–Kier alpha value is -0.830. The highest BCUT2D eigenvalue weighted by molar-refractivity contribution is 9.09. The van der Waals surface area contributed by atoms with E-state index in [0.29, 0.717) is 10.9 Å². The van der Waals surface area contributed by atoms with E-state index >= 15 is 0 Å². The van der Waals surface area contributed by atoms with Crippen molar-refractivity contribution < 1.29 is 4.79 Å². The van der Waals surface area contributed by atoms with Crippen LogP contribution in [0.1, 0.15) is 47.2 Å². The molecule has 0 spiro atoms. The Morgan fingerprint density at radius 2 is 1.83 bits per heavy atom. The summed E-state index contributed by atoms with van der Waals surface area (Å²) in [7, 11) is 0. The van der Waals surface area contributed by atoms with Crippen molar-refractivity contribution in [3.63, 3.8) is 0 Å². The lowest BCUT2D eigenvalue weighted by atomic mass is 9.95. The Labute approximate surface area is 117 Å². The molecular formula is C15H20BrNO. The van der Waals surface area contributed by atoms with E-state index < -0.39 is 0 Å². The fourth-order valence-corrected chi connectivity index (χ4v) is 2.88. The van der Waals surface area contributed by atoms with Crippen molar-refractivity contribution in [3.05, 3.63) is 34.9 Å². The third-order valence-corrected chi connectivity index (χ3v) is 4.68. The molecule has 1 fully saturated rings. The van der Waals surface area contributed by atoms with Gasteiger partial charge in [-0.25, -0.2) is 0 Å². The van der Waals surface area contributed by atoms with Crippen LogP contribution >= 0.6 is 15.9 Å². The number of alkyl halides is 1. The molecule has 1 amide bonds. The van der Waals surface area contributed by atoms with Gasteiger partial charge in [0.25, 0.3) is 5.91 Å². The summed E-state index contributed by atoms with van der Waals surface area (Å²) >= 11 is 3.63. The molecule has 98 valence electrons. The van der Waals surface area contributed by atoms with E-state index in [4.69, 9.17) is 0 Å². The Kier molecular flexibility index (Phi) is 4.44. The molecule has 2 rings (SSSR count). The number of amides is 1. The van der Waals surface area contributed by atoms with Gasteiger partial charge in [0.15, 0.2) is 0 Å². The largest absolute Gasteiger partial charge is 0.349 e. The average molecular weight is 310 g/mol. The molecule has 18 heavy (non-hydrogen) atoms. The molecule has 0 unspecified atom stereocenters. The summed E-state index contributed by atoms with van der Waals surface area (Å²) in [6, 6.07) is 6.24. The van der Waals surface area contributed by atoms with Crippen LogP contribution < -0.4 is 5.32 Å². The van der Waals surface area contributed by atoms with Crippen LogP contribution in [0.4, 0.5) is 0 Å².